The van der Waals surface area contributed by atoms with Crippen LogP contribution in [0, 0.1) is 5.82 Å². The predicted octanol–water partition coefficient (Wildman–Crippen LogP) is 2.82. The topological polar surface area (TPSA) is 21.3 Å². The van der Waals surface area contributed by atoms with Crippen LogP contribution in [0.1, 0.15) is 24.4 Å². The summed E-state index contributed by atoms with van der Waals surface area (Å²) < 4.78 is 18.2. The van der Waals surface area contributed by atoms with Crippen molar-refractivity contribution in [2.45, 2.75) is 18.9 Å². The molecule has 0 unspecified atom stereocenters. The molecule has 16 heavy (non-hydrogen) atoms. The number of nitrogens with one attached hydrogen (secondary N) is 1. The largest absolute Gasteiger partial charge is 0.494 e. The lowest BCUT2D eigenvalue weighted by molar-refractivity contribution is 0.383. The molecule has 1 fully saturated rings. The number of halogens is 1. The van der Waals surface area contributed by atoms with Gasteiger partial charge in [-0.25, -0.2) is 4.39 Å². The van der Waals surface area contributed by atoms with Gasteiger partial charge in [0.2, 0.25) is 0 Å². The molecule has 0 aliphatic carbocycles. The predicted molar refractivity (Wildman–Crippen MR) is 62.1 cm³/mol. The van der Waals surface area contributed by atoms with Gasteiger partial charge < -0.3 is 10.1 Å². The third-order valence-electron chi connectivity index (χ3n) is 2.96. The number of benzene rings is 1. The average Bonchev–Trinajstić information content (AvgIpc) is 2.31. The molecule has 0 bridgehead atoms. The Morgan fingerprint density at radius 1 is 1.50 bits per heavy atom. The van der Waals surface area contributed by atoms with E-state index in [1.165, 1.54) is 18.7 Å². The van der Waals surface area contributed by atoms with E-state index < -0.39 is 0 Å². The highest BCUT2D eigenvalue weighted by Crippen LogP contribution is 2.28. The van der Waals surface area contributed by atoms with Gasteiger partial charge in [0.1, 0.15) is 0 Å². The lowest BCUT2D eigenvalue weighted by Gasteiger charge is -2.25. The van der Waals surface area contributed by atoms with Crippen molar-refractivity contribution in [1.82, 2.24) is 5.32 Å². The van der Waals surface area contributed by atoms with E-state index in [1.807, 2.05) is 6.07 Å². The van der Waals surface area contributed by atoms with Crippen LogP contribution in [-0.2, 0) is 0 Å². The quantitative estimate of drug-likeness (QED) is 0.775. The van der Waals surface area contributed by atoms with Crippen molar-refractivity contribution in [3.05, 3.63) is 41.7 Å². The number of rotatable bonds is 2. The fourth-order valence-electron chi connectivity index (χ4n) is 1.98. The van der Waals surface area contributed by atoms with Gasteiger partial charge in [-0.2, -0.15) is 0 Å². The molecular weight excluding hydrogens is 205 g/mol. The summed E-state index contributed by atoms with van der Waals surface area (Å²) in [7, 11) is 1.48. The Morgan fingerprint density at radius 2 is 2.31 bits per heavy atom. The number of piperidine rings is 1. The first-order valence-corrected chi connectivity index (χ1v) is 5.44. The van der Waals surface area contributed by atoms with Crippen LogP contribution >= 0.6 is 0 Å². The molecule has 1 heterocycles. The monoisotopic (exact) mass is 221 g/mol. The summed E-state index contributed by atoms with van der Waals surface area (Å²) in [5, 5.41) is 3.38. The summed E-state index contributed by atoms with van der Waals surface area (Å²) in [6, 6.07) is 5.31. The van der Waals surface area contributed by atoms with Crippen molar-refractivity contribution in [2.24, 2.45) is 0 Å². The molecular formula is C13H16FNO. The molecule has 1 aliphatic rings. The van der Waals surface area contributed by atoms with Crippen LogP contribution in [0.2, 0.25) is 0 Å². The highest BCUT2D eigenvalue weighted by molar-refractivity contribution is 5.32. The van der Waals surface area contributed by atoms with Crippen LogP contribution in [-0.4, -0.2) is 13.7 Å². The summed E-state index contributed by atoms with van der Waals surface area (Å²) >= 11 is 0. The third-order valence-corrected chi connectivity index (χ3v) is 2.96. The first-order chi connectivity index (χ1) is 7.70. The molecule has 0 radical (unpaired) electrons. The molecule has 1 aromatic carbocycles. The van der Waals surface area contributed by atoms with Crippen molar-refractivity contribution in [3.8, 4) is 5.75 Å². The number of methoxy groups -OCH3 is 1. The summed E-state index contributed by atoms with van der Waals surface area (Å²) in [6.45, 7) is 4.78. The molecule has 1 saturated heterocycles. The van der Waals surface area contributed by atoms with Crippen LogP contribution < -0.4 is 10.1 Å². The summed E-state index contributed by atoms with van der Waals surface area (Å²) in [5.41, 5.74) is 2.30. The summed E-state index contributed by atoms with van der Waals surface area (Å²) in [4.78, 5) is 0. The Balaban J connectivity index is 2.17. The Labute approximate surface area is 95.1 Å². The fraction of sp³-hybridized carbons (Fsp3) is 0.385. The second kappa shape index (κ2) is 4.66. The van der Waals surface area contributed by atoms with E-state index in [1.54, 1.807) is 6.07 Å². The van der Waals surface area contributed by atoms with Gasteiger partial charge in [-0.1, -0.05) is 18.2 Å². The fourth-order valence-corrected chi connectivity index (χ4v) is 1.98. The standard InChI is InChI=1S/C13H16FNO/c1-9-3-6-12(15-8-9)10-4-5-11(14)13(7-10)16-2/h4-5,7,12,15H,1,3,6,8H2,2H3/t12-/m1/s1. The van der Waals surface area contributed by atoms with Crippen molar-refractivity contribution in [1.29, 1.82) is 0 Å². The maximum absolute atomic E-state index is 13.2. The molecule has 2 nitrogen and oxygen atoms in total. The minimum absolute atomic E-state index is 0.278. The molecule has 0 amide bonds. The Bertz CT molecular complexity index is 393. The van der Waals surface area contributed by atoms with Gasteiger partial charge in [0.15, 0.2) is 11.6 Å². The van der Waals surface area contributed by atoms with Crippen LogP contribution in [0.3, 0.4) is 0 Å². The molecule has 1 aromatic rings. The Morgan fingerprint density at radius 3 is 2.94 bits per heavy atom. The van der Waals surface area contributed by atoms with Crippen molar-refractivity contribution < 1.29 is 9.13 Å². The number of hydrogen-bond donors (Lipinski definition) is 1. The third kappa shape index (κ3) is 2.25. The molecule has 0 aromatic heterocycles. The summed E-state index contributed by atoms with van der Waals surface area (Å²) in [6.07, 6.45) is 2.03. The zero-order valence-corrected chi connectivity index (χ0v) is 9.42. The zero-order chi connectivity index (χ0) is 11.5. The van der Waals surface area contributed by atoms with Crippen molar-refractivity contribution in [2.75, 3.05) is 13.7 Å². The molecule has 0 spiro atoms. The molecule has 3 heteroatoms. The van der Waals surface area contributed by atoms with Gasteiger partial charge >= 0.3 is 0 Å². The van der Waals surface area contributed by atoms with E-state index in [9.17, 15) is 4.39 Å². The van der Waals surface area contributed by atoms with Gasteiger partial charge in [-0.15, -0.1) is 0 Å². The number of ether oxygens (including phenoxy) is 1. The van der Waals surface area contributed by atoms with E-state index >= 15 is 0 Å². The first-order valence-electron chi connectivity index (χ1n) is 5.44. The van der Waals surface area contributed by atoms with Crippen molar-refractivity contribution in [3.63, 3.8) is 0 Å². The molecule has 2 rings (SSSR count). The van der Waals surface area contributed by atoms with E-state index in [0.29, 0.717) is 5.75 Å². The van der Waals surface area contributed by atoms with Crippen LogP contribution in [0.25, 0.3) is 0 Å². The Kier molecular flexibility index (Phi) is 3.25. The van der Waals surface area contributed by atoms with Crippen molar-refractivity contribution >= 4 is 0 Å². The smallest absolute Gasteiger partial charge is 0.165 e. The first kappa shape index (κ1) is 11.1. The Hall–Kier alpha value is -1.35. The highest BCUT2D eigenvalue weighted by atomic mass is 19.1. The van der Waals surface area contributed by atoms with Gasteiger partial charge in [0, 0.05) is 12.6 Å². The van der Waals surface area contributed by atoms with Crippen LogP contribution in [0.5, 0.6) is 5.75 Å². The molecule has 0 saturated carbocycles. The van der Waals surface area contributed by atoms with Gasteiger partial charge in [-0.05, 0) is 30.5 Å². The highest BCUT2D eigenvalue weighted by Gasteiger charge is 2.17. The van der Waals surface area contributed by atoms with Crippen LogP contribution in [0.15, 0.2) is 30.4 Å². The SMILES string of the molecule is C=C1CC[C@H](c2ccc(F)c(OC)c2)NC1. The van der Waals surface area contributed by atoms with Gasteiger partial charge in [0.05, 0.1) is 7.11 Å². The maximum Gasteiger partial charge on any atom is 0.165 e. The van der Waals surface area contributed by atoms with E-state index in [-0.39, 0.29) is 11.9 Å². The van der Waals surface area contributed by atoms with E-state index in [2.05, 4.69) is 11.9 Å². The molecule has 1 N–H and O–H groups in total. The normalized spacial score (nSPS) is 20.9. The second-order valence-corrected chi connectivity index (χ2v) is 4.12. The molecule has 1 aliphatic heterocycles. The van der Waals surface area contributed by atoms with Gasteiger partial charge in [0.25, 0.3) is 0 Å². The molecule has 86 valence electrons. The van der Waals surface area contributed by atoms with E-state index in [0.717, 1.165) is 24.9 Å². The zero-order valence-electron chi connectivity index (χ0n) is 9.42. The molecule has 1 atom stereocenters. The maximum atomic E-state index is 13.2. The lowest BCUT2D eigenvalue weighted by Crippen LogP contribution is -2.28. The minimum atomic E-state index is -0.313. The second-order valence-electron chi connectivity index (χ2n) is 4.12. The van der Waals surface area contributed by atoms with Crippen LogP contribution in [0.4, 0.5) is 4.39 Å². The van der Waals surface area contributed by atoms with Gasteiger partial charge in [-0.3, -0.25) is 0 Å². The number of hydrogen-bond acceptors (Lipinski definition) is 2. The lowest BCUT2D eigenvalue weighted by atomic mass is 9.95. The van der Waals surface area contributed by atoms with E-state index in [4.69, 9.17) is 4.74 Å². The average molecular weight is 221 g/mol. The summed E-state index contributed by atoms with van der Waals surface area (Å²) in [5.74, 6) is -0.00447. The minimum Gasteiger partial charge on any atom is -0.494 e.